The highest BCUT2D eigenvalue weighted by atomic mass is 32.2. The number of benzene rings is 2. The second kappa shape index (κ2) is 14.1. The molecule has 1 heterocycles. The van der Waals surface area contributed by atoms with Crippen molar-refractivity contribution in [1.82, 2.24) is 14.8 Å². The van der Waals surface area contributed by atoms with Crippen LogP contribution in [0.1, 0.15) is 70.2 Å². The molecule has 4 N–H and O–H groups in total. The smallest absolute Gasteiger partial charge is 0.410 e. The van der Waals surface area contributed by atoms with E-state index in [1.807, 2.05) is 12.1 Å². The summed E-state index contributed by atoms with van der Waals surface area (Å²) in [6, 6.07) is 14.0. The van der Waals surface area contributed by atoms with Gasteiger partial charge in [0.1, 0.15) is 0 Å². The maximum absolute atomic E-state index is 12.4. The number of thiazole rings is 1. The molecule has 0 atom stereocenters. The van der Waals surface area contributed by atoms with Crippen molar-refractivity contribution in [3.63, 3.8) is 0 Å². The SMILES string of the molecule is CC(=O)Nc1nc(CCc2ccc(NC(N(C(=O)O)C(C)(C)C)N(C(=O)O)C(C)(C)C)cc2)c(Cc2ccc(S(C)(=O)=O)cc2)s1. The number of carbonyl (C=O) groups excluding carboxylic acids is 1. The molecule has 250 valence electrons. The third kappa shape index (κ3) is 9.66. The van der Waals surface area contributed by atoms with Gasteiger partial charge >= 0.3 is 12.2 Å². The minimum atomic E-state index is -3.31. The van der Waals surface area contributed by atoms with E-state index in [9.17, 15) is 33.0 Å². The van der Waals surface area contributed by atoms with Crippen molar-refractivity contribution in [1.29, 1.82) is 0 Å². The first-order valence-corrected chi connectivity index (χ1v) is 17.3. The quantitative estimate of drug-likeness (QED) is 0.175. The Morgan fingerprint density at radius 3 is 1.78 bits per heavy atom. The average Bonchev–Trinajstić information content (AvgIpc) is 3.25. The van der Waals surface area contributed by atoms with Crippen molar-refractivity contribution in [3.8, 4) is 0 Å². The van der Waals surface area contributed by atoms with Gasteiger partial charge in [0.05, 0.1) is 10.6 Å². The fourth-order valence-corrected chi connectivity index (χ4v) is 6.62. The number of rotatable bonds is 11. The Morgan fingerprint density at radius 2 is 1.35 bits per heavy atom. The maximum atomic E-state index is 12.4. The van der Waals surface area contributed by atoms with E-state index in [4.69, 9.17) is 0 Å². The molecule has 0 aliphatic heterocycles. The summed E-state index contributed by atoms with van der Waals surface area (Å²) in [5.74, 6) is -0.230. The van der Waals surface area contributed by atoms with E-state index in [0.717, 1.165) is 37.8 Å². The van der Waals surface area contributed by atoms with E-state index in [2.05, 4.69) is 15.6 Å². The lowest BCUT2D eigenvalue weighted by Gasteiger charge is -2.48. The minimum absolute atomic E-state index is 0.230. The summed E-state index contributed by atoms with van der Waals surface area (Å²) >= 11 is 1.37. The average molecular weight is 674 g/mol. The van der Waals surface area contributed by atoms with Crippen LogP contribution >= 0.6 is 11.3 Å². The number of hydrogen-bond donors (Lipinski definition) is 4. The summed E-state index contributed by atoms with van der Waals surface area (Å²) in [7, 11) is -3.31. The zero-order chi connectivity index (χ0) is 34.6. The lowest BCUT2D eigenvalue weighted by Crippen LogP contribution is -2.66. The van der Waals surface area contributed by atoms with Gasteiger partial charge in [-0.25, -0.2) is 23.0 Å². The van der Waals surface area contributed by atoms with Crippen LogP contribution in [0.3, 0.4) is 0 Å². The molecule has 0 radical (unpaired) electrons. The monoisotopic (exact) mass is 673 g/mol. The van der Waals surface area contributed by atoms with Crippen LogP contribution in [0.15, 0.2) is 53.4 Å². The van der Waals surface area contributed by atoms with Gasteiger partial charge in [0.15, 0.2) is 21.3 Å². The largest absolute Gasteiger partial charge is 0.465 e. The van der Waals surface area contributed by atoms with Gasteiger partial charge in [0.25, 0.3) is 0 Å². The molecule has 3 amide bonds. The summed E-state index contributed by atoms with van der Waals surface area (Å²) in [6.07, 6.45) is -0.880. The molecule has 0 spiro atoms. The standard InChI is InChI=1S/C32H43N5O7S2/c1-20(38)33-27-35-25(26(45-27)19-22-11-16-24(17-12-22)46(8,43)44)18-13-21-9-14-23(15-10-21)34-28(36(29(39)40)31(2,3)4)37(30(41)42)32(5,6)7/h9-12,14-17,28,34H,13,18-19H2,1-8H3,(H,39,40)(H,41,42)(H,33,35,38). The summed E-state index contributed by atoms with van der Waals surface area (Å²) < 4.78 is 23.7. The van der Waals surface area contributed by atoms with Crippen molar-refractivity contribution in [2.45, 2.75) is 90.0 Å². The third-order valence-electron chi connectivity index (χ3n) is 7.02. The molecule has 0 aliphatic rings. The van der Waals surface area contributed by atoms with Crippen molar-refractivity contribution in [2.24, 2.45) is 0 Å². The van der Waals surface area contributed by atoms with E-state index in [0.29, 0.717) is 30.1 Å². The van der Waals surface area contributed by atoms with Crippen molar-refractivity contribution >= 4 is 50.1 Å². The predicted octanol–water partition coefficient (Wildman–Crippen LogP) is 6.13. The first-order chi connectivity index (χ1) is 21.2. The Hall–Kier alpha value is -4.17. The fourth-order valence-electron chi connectivity index (χ4n) is 4.90. The highest BCUT2D eigenvalue weighted by Gasteiger charge is 2.43. The van der Waals surface area contributed by atoms with E-state index in [1.54, 1.807) is 77.9 Å². The Bertz CT molecular complexity index is 1620. The molecule has 12 nitrogen and oxygen atoms in total. The van der Waals surface area contributed by atoms with Gasteiger partial charge in [-0.3, -0.25) is 14.6 Å². The predicted molar refractivity (Wildman–Crippen MR) is 179 cm³/mol. The third-order valence-corrected chi connectivity index (χ3v) is 9.17. The first-order valence-electron chi connectivity index (χ1n) is 14.6. The molecule has 0 saturated heterocycles. The van der Waals surface area contributed by atoms with Gasteiger partial charge < -0.3 is 20.8 Å². The van der Waals surface area contributed by atoms with E-state index in [-0.39, 0.29) is 10.8 Å². The van der Waals surface area contributed by atoms with Crippen LogP contribution in [0.4, 0.5) is 20.4 Å². The van der Waals surface area contributed by atoms with Gasteiger partial charge in [0, 0.05) is 41.2 Å². The molecule has 3 rings (SSSR count). The first kappa shape index (κ1) is 36.3. The summed E-state index contributed by atoms with van der Waals surface area (Å²) in [5.41, 5.74) is 1.40. The molecule has 46 heavy (non-hydrogen) atoms. The van der Waals surface area contributed by atoms with E-state index >= 15 is 0 Å². The summed E-state index contributed by atoms with van der Waals surface area (Å²) in [6.45, 7) is 11.6. The number of carboxylic acid groups (broad SMARTS) is 2. The molecule has 0 aliphatic carbocycles. The van der Waals surface area contributed by atoms with E-state index < -0.39 is 39.4 Å². The Morgan fingerprint density at radius 1 is 0.848 bits per heavy atom. The second-order valence-corrected chi connectivity index (χ2v) is 16.1. The van der Waals surface area contributed by atoms with Gasteiger partial charge in [0.2, 0.25) is 5.91 Å². The topological polar surface area (TPSA) is 169 Å². The van der Waals surface area contributed by atoms with Crippen molar-refractivity contribution < 1.29 is 33.0 Å². The highest BCUT2D eigenvalue weighted by molar-refractivity contribution is 7.90. The van der Waals surface area contributed by atoms with Gasteiger partial charge in [-0.1, -0.05) is 24.3 Å². The van der Waals surface area contributed by atoms with Crippen LogP contribution in [-0.4, -0.2) is 75.1 Å². The summed E-state index contributed by atoms with van der Waals surface area (Å²) in [4.78, 5) is 44.5. The van der Waals surface area contributed by atoms with E-state index in [1.165, 1.54) is 18.3 Å². The number of carbonyl (C=O) groups is 3. The molecule has 0 saturated carbocycles. The van der Waals surface area contributed by atoms with Crippen LogP contribution < -0.4 is 10.6 Å². The molecule has 2 aromatic carbocycles. The molecule has 0 fully saturated rings. The number of nitrogens with one attached hydrogen (secondary N) is 2. The minimum Gasteiger partial charge on any atom is -0.465 e. The van der Waals surface area contributed by atoms with Gasteiger partial charge in [-0.05, 0) is 89.8 Å². The molecular formula is C32H43N5O7S2. The number of aryl methyl sites for hydroxylation is 2. The molecular weight excluding hydrogens is 631 g/mol. The highest BCUT2D eigenvalue weighted by Crippen LogP contribution is 2.29. The zero-order valence-corrected chi connectivity index (χ0v) is 29.0. The van der Waals surface area contributed by atoms with Crippen LogP contribution in [0.2, 0.25) is 0 Å². The molecule has 0 bridgehead atoms. The molecule has 1 aromatic heterocycles. The van der Waals surface area contributed by atoms with Gasteiger partial charge in [-0.2, -0.15) is 0 Å². The molecule has 3 aromatic rings. The fraction of sp³-hybridized carbons (Fsp3) is 0.438. The number of hydrogen-bond acceptors (Lipinski definition) is 8. The normalized spacial score (nSPS) is 12.1. The lowest BCUT2D eigenvalue weighted by molar-refractivity contribution is -0.114. The van der Waals surface area contributed by atoms with Crippen molar-refractivity contribution in [2.75, 3.05) is 16.9 Å². The lowest BCUT2D eigenvalue weighted by atomic mass is 10.0. The number of amides is 3. The number of aromatic nitrogens is 1. The maximum Gasteiger partial charge on any atom is 0.410 e. The number of nitrogens with zero attached hydrogens (tertiary/aromatic N) is 3. The van der Waals surface area contributed by atoms with Crippen LogP contribution in [-0.2, 0) is 33.9 Å². The Balaban J connectivity index is 1.84. The van der Waals surface area contributed by atoms with Crippen LogP contribution in [0, 0.1) is 0 Å². The molecule has 14 heteroatoms. The van der Waals surface area contributed by atoms with Gasteiger partial charge in [-0.15, -0.1) is 11.3 Å². The number of anilines is 2. The van der Waals surface area contributed by atoms with Crippen molar-refractivity contribution in [3.05, 3.63) is 70.2 Å². The zero-order valence-electron chi connectivity index (χ0n) is 27.4. The Kier molecular flexibility index (Phi) is 11.1. The second-order valence-electron chi connectivity index (χ2n) is 13.0. The Labute approximate surface area is 274 Å². The number of sulfone groups is 1. The van der Waals surface area contributed by atoms with Crippen LogP contribution in [0.25, 0.3) is 0 Å². The molecule has 0 unspecified atom stereocenters. The van der Waals surface area contributed by atoms with Crippen LogP contribution in [0.5, 0.6) is 0 Å². The summed E-state index contributed by atoms with van der Waals surface area (Å²) in [5, 5.41) is 26.6.